The van der Waals surface area contributed by atoms with E-state index < -0.39 is 0 Å². The minimum atomic E-state index is -0.0257. The maximum atomic E-state index is 12.4. The first-order valence-corrected chi connectivity index (χ1v) is 10.1. The number of carbonyl (C=O) groups excluding carboxylic acids is 1. The average molecular weight is 461 g/mol. The highest BCUT2D eigenvalue weighted by Gasteiger charge is 2.14. The Hall–Kier alpha value is -2.61. The molecule has 0 aliphatic rings. The lowest BCUT2D eigenvalue weighted by molar-refractivity contribution is -0.121. The lowest BCUT2D eigenvalue weighted by Crippen LogP contribution is -2.23. The first-order chi connectivity index (χ1) is 13.8. The van der Waals surface area contributed by atoms with Crippen LogP contribution in [0.1, 0.15) is 34.6 Å². The highest BCUT2D eigenvalue weighted by Crippen LogP contribution is 2.33. The quantitative estimate of drug-likeness (QED) is 0.581. The van der Waals surface area contributed by atoms with Gasteiger partial charge in [0.25, 0.3) is 0 Å². The Bertz CT molecular complexity index is 1060. The summed E-state index contributed by atoms with van der Waals surface area (Å²) in [6, 6.07) is 5.65. The van der Waals surface area contributed by atoms with Crippen molar-refractivity contribution in [2.45, 2.75) is 40.2 Å². The number of nitrogens with zero attached hydrogens (tertiary/aromatic N) is 3. The molecule has 154 valence electrons. The van der Waals surface area contributed by atoms with Crippen LogP contribution in [0.2, 0.25) is 0 Å². The van der Waals surface area contributed by atoms with Crippen LogP contribution in [-0.4, -0.2) is 34.7 Å². The van der Waals surface area contributed by atoms with E-state index in [0.29, 0.717) is 30.9 Å². The van der Waals surface area contributed by atoms with Gasteiger partial charge in [0.15, 0.2) is 17.1 Å². The van der Waals surface area contributed by atoms with Gasteiger partial charge in [-0.15, -0.1) is 0 Å². The van der Waals surface area contributed by atoms with Gasteiger partial charge in [0.2, 0.25) is 5.91 Å². The summed E-state index contributed by atoms with van der Waals surface area (Å²) in [5.41, 5.74) is 5.70. The molecule has 0 radical (unpaired) electrons. The molecule has 3 rings (SSSR count). The third-order valence-electron chi connectivity index (χ3n) is 4.92. The molecule has 0 bridgehead atoms. The van der Waals surface area contributed by atoms with Crippen LogP contribution >= 0.6 is 15.9 Å². The van der Waals surface area contributed by atoms with Crippen LogP contribution in [0.15, 0.2) is 22.7 Å². The molecule has 1 aromatic carbocycles. The van der Waals surface area contributed by atoms with Gasteiger partial charge in [-0.3, -0.25) is 4.79 Å². The molecular formula is C21H25BrN4O3. The average Bonchev–Trinajstić information content (AvgIpc) is 3.06. The number of aromatic nitrogens is 3. The molecule has 1 N–H and O–H groups in total. The number of carbonyl (C=O) groups is 1. The van der Waals surface area contributed by atoms with Crippen LogP contribution in [0.4, 0.5) is 0 Å². The van der Waals surface area contributed by atoms with Crippen molar-refractivity contribution in [1.29, 1.82) is 0 Å². The third kappa shape index (κ3) is 4.53. The van der Waals surface area contributed by atoms with E-state index in [1.165, 1.54) is 0 Å². The zero-order valence-electron chi connectivity index (χ0n) is 17.3. The van der Waals surface area contributed by atoms with Crippen molar-refractivity contribution in [3.63, 3.8) is 0 Å². The predicted octanol–water partition coefficient (Wildman–Crippen LogP) is 3.68. The molecule has 0 saturated carbocycles. The molecule has 0 saturated heterocycles. The number of halogens is 1. The van der Waals surface area contributed by atoms with Crippen LogP contribution in [0.25, 0.3) is 5.65 Å². The number of amides is 1. The summed E-state index contributed by atoms with van der Waals surface area (Å²) in [5, 5.41) is 7.45. The largest absolute Gasteiger partial charge is 0.493 e. The zero-order chi connectivity index (χ0) is 21.1. The molecule has 0 spiro atoms. The van der Waals surface area contributed by atoms with Crippen molar-refractivity contribution in [3.8, 4) is 11.5 Å². The maximum absolute atomic E-state index is 12.4. The fourth-order valence-corrected chi connectivity index (χ4v) is 3.82. The summed E-state index contributed by atoms with van der Waals surface area (Å²) in [6.45, 7) is 6.33. The summed E-state index contributed by atoms with van der Waals surface area (Å²) >= 11 is 3.52. The van der Waals surface area contributed by atoms with Gasteiger partial charge in [-0.1, -0.05) is 15.9 Å². The molecular weight excluding hydrogens is 436 g/mol. The van der Waals surface area contributed by atoms with E-state index in [0.717, 1.165) is 38.3 Å². The minimum Gasteiger partial charge on any atom is -0.493 e. The molecule has 2 heterocycles. The van der Waals surface area contributed by atoms with Crippen LogP contribution in [0.5, 0.6) is 11.5 Å². The van der Waals surface area contributed by atoms with Crippen molar-refractivity contribution in [2.75, 3.05) is 14.2 Å². The van der Waals surface area contributed by atoms with Gasteiger partial charge in [0.1, 0.15) is 0 Å². The van der Waals surface area contributed by atoms with Crippen LogP contribution < -0.4 is 14.8 Å². The van der Waals surface area contributed by atoms with E-state index in [1.54, 1.807) is 14.2 Å². The highest BCUT2D eigenvalue weighted by atomic mass is 79.9. The highest BCUT2D eigenvalue weighted by molar-refractivity contribution is 9.10. The van der Waals surface area contributed by atoms with Gasteiger partial charge in [-0.2, -0.15) is 5.10 Å². The number of ether oxygens (including phenoxy) is 2. The summed E-state index contributed by atoms with van der Waals surface area (Å²) in [4.78, 5) is 17.1. The topological polar surface area (TPSA) is 77.8 Å². The molecule has 0 aliphatic carbocycles. The van der Waals surface area contributed by atoms with Crippen LogP contribution in [-0.2, 0) is 17.8 Å². The molecule has 1 amide bonds. The molecule has 2 aromatic heterocycles. The van der Waals surface area contributed by atoms with E-state index in [1.807, 2.05) is 43.5 Å². The molecule has 29 heavy (non-hydrogen) atoms. The number of fused-ring (bicyclic) bond motifs is 1. The molecule has 0 fully saturated rings. The predicted molar refractivity (Wildman–Crippen MR) is 115 cm³/mol. The summed E-state index contributed by atoms with van der Waals surface area (Å²) < 4.78 is 13.3. The van der Waals surface area contributed by atoms with Gasteiger partial charge in [0, 0.05) is 34.9 Å². The van der Waals surface area contributed by atoms with E-state index in [9.17, 15) is 4.79 Å². The standard InChI is InChI=1S/C21H25BrN4O3/c1-12-8-20-24-13(2)16(14(3)26(20)25-12)6-7-21(27)23-11-15-9-18(28-4)19(29-5)10-17(15)22/h8-10H,6-7,11H2,1-5H3,(H,23,27). The Morgan fingerprint density at radius 3 is 2.52 bits per heavy atom. The van der Waals surface area contributed by atoms with Crippen molar-refractivity contribution in [3.05, 3.63) is 50.9 Å². The van der Waals surface area contributed by atoms with Crippen LogP contribution in [0, 0.1) is 20.8 Å². The van der Waals surface area contributed by atoms with Gasteiger partial charge in [-0.05, 0) is 50.5 Å². The normalized spacial score (nSPS) is 11.0. The molecule has 3 aromatic rings. The Labute approximate surface area is 178 Å². The number of methoxy groups -OCH3 is 2. The van der Waals surface area contributed by atoms with E-state index in [2.05, 4.69) is 31.3 Å². The Kier molecular flexibility index (Phi) is 6.42. The van der Waals surface area contributed by atoms with Gasteiger partial charge in [-0.25, -0.2) is 9.50 Å². The number of nitrogens with one attached hydrogen (secondary N) is 1. The summed E-state index contributed by atoms with van der Waals surface area (Å²) in [7, 11) is 3.18. The van der Waals surface area contributed by atoms with Crippen LogP contribution in [0.3, 0.4) is 0 Å². The van der Waals surface area contributed by atoms with E-state index in [4.69, 9.17) is 9.47 Å². The number of benzene rings is 1. The number of aryl methyl sites for hydroxylation is 3. The van der Waals surface area contributed by atoms with Gasteiger partial charge in [0.05, 0.1) is 19.9 Å². The van der Waals surface area contributed by atoms with E-state index >= 15 is 0 Å². The first kappa shape index (κ1) is 21.1. The lowest BCUT2D eigenvalue weighted by atomic mass is 10.1. The molecule has 0 unspecified atom stereocenters. The third-order valence-corrected chi connectivity index (χ3v) is 5.66. The summed E-state index contributed by atoms with van der Waals surface area (Å²) in [6.07, 6.45) is 0.985. The van der Waals surface area contributed by atoms with E-state index in [-0.39, 0.29) is 5.91 Å². The molecule has 7 nitrogen and oxygen atoms in total. The lowest BCUT2D eigenvalue weighted by Gasteiger charge is -2.13. The first-order valence-electron chi connectivity index (χ1n) is 9.33. The van der Waals surface area contributed by atoms with Crippen molar-refractivity contribution in [2.24, 2.45) is 0 Å². The number of hydrogen-bond donors (Lipinski definition) is 1. The Balaban J connectivity index is 1.66. The van der Waals surface area contributed by atoms with Gasteiger partial charge >= 0.3 is 0 Å². The van der Waals surface area contributed by atoms with Crippen molar-refractivity contribution >= 4 is 27.5 Å². The number of hydrogen-bond acceptors (Lipinski definition) is 5. The SMILES string of the molecule is COc1cc(Br)c(CNC(=O)CCc2c(C)nc3cc(C)nn3c2C)cc1OC. The van der Waals surface area contributed by atoms with Crippen molar-refractivity contribution in [1.82, 2.24) is 19.9 Å². The molecule has 8 heteroatoms. The second kappa shape index (κ2) is 8.82. The Morgan fingerprint density at radius 2 is 1.83 bits per heavy atom. The maximum Gasteiger partial charge on any atom is 0.220 e. The fourth-order valence-electron chi connectivity index (χ4n) is 3.36. The molecule has 0 atom stereocenters. The monoisotopic (exact) mass is 460 g/mol. The smallest absolute Gasteiger partial charge is 0.220 e. The second-order valence-electron chi connectivity index (χ2n) is 6.89. The zero-order valence-corrected chi connectivity index (χ0v) is 18.9. The molecule has 0 aliphatic heterocycles. The Morgan fingerprint density at radius 1 is 1.14 bits per heavy atom. The fraction of sp³-hybridized carbons (Fsp3) is 0.381. The van der Waals surface area contributed by atoms with Gasteiger partial charge < -0.3 is 14.8 Å². The number of rotatable bonds is 7. The second-order valence-corrected chi connectivity index (χ2v) is 7.75. The summed E-state index contributed by atoms with van der Waals surface area (Å²) in [5.74, 6) is 1.24. The minimum absolute atomic E-state index is 0.0257. The van der Waals surface area contributed by atoms with Crippen molar-refractivity contribution < 1.29 is 14.3 Å².